The third kappa shape index (κ3) is 2.31. The Labute approximate surface area is 117 Å². The molecule has 0 saturated heterocycles. The van der Waals surface area contributed by atoms with Gasteiger partial charge in [-0.15, -0.1) is 5.10 Å². The van der Waals surface area contributed by atoms with Gasteiger partial charge in [0.05, 0.1) is 11.6 Å². The van der Waals surface area contributed by atoms with Gasteiger partial charge in [-0.3, -0.25) is 4.79 Å². The van der Waals surface area contributed by atoms with Gasteiger partial charge in [0, 0.05) is 16.8 Å². The lowest BCUT2D eigenvalue weighted by Crippen LogP contribution is -2.19. The van der Waals surface area contributed by atoms with E-state index < -0.39 is 5.97 Å². The highest BCUT2D eigenvalue weighted by Gasteiger charge is 2.30. The summed E-state index contributed by atoms with van der Waals surface area (Å²) in [4.78, 5) is 11.0. The maximum Gasteiger partial charge on any atom is 0.306 e. The van der Waals surface area contributed by atoms with Gasteiger partial charge >= 0.3 is 5.97 Å². The number of aliphatic carboxylic acids is 1. The third-order valence-electron chi connectivity index (χ3n) is 3.99. The zero-order valence-electron chi connectivity index (χ0n) is 11.3. The molecule has 5 nitrogen and oxygen atoms in total. The predicted octanol–water partition coefficient (Wildman–Crippen LogP) is 2.60. The smallest absolute Gasteiger partial charge is 0.306 e. The molecule has 1 aliphatic rings. The molecule has 2 N–H and O–H groups in total. The Hall–Kier alpha value is -2.17. The SMILES string of the molecule is Cc1nnc(NC2CCC(C(=O)O)C2)c2ccccc12. The Morgan fingerprint density at radius 3 is 2.70 bits per heavy atom. The maximum atomic E-state index is 11.0. The van der Waals surface area contributed by atoms with Crippen LogP contribution in [0.4, 0.5) is 5.82 Å². The van der Waals surface area contributed by atoms with Gasteiger partial charge in [0.1, 0.15) is 0 Å². The highest BCUT2D eigenvalue weighted by Crippen LogP contribution is 2.30. The highest BCUT2D eigenvalue weighted by molar-refractivity contribution is 5.92. The number of anilines is 1. The number of carboxylic acids is 1. The van der Waals surface area contributed by atoms with Crippen LogP contribution in [0.25, 0.3) is 10.8 Å². The van der Waals surface area contributed by atoms with E-state index in [-0.39, 0.29) is 12.0 Å². The number of nitrogens with zero attached hydrogens (tertiary/aromatic N) is 2. The van der Waals surface area contributed by atoms with Crippen molar-refractivity contribution >= 4 is 22.6 Å². The van der Waals surface area contributed by atoms with Crippen molar-refractivity contribution in [2.45, 2.75) is 32.2 Å². The highest BCUT2D eigenvalue weighted by atomic mass is 16.4. The first-order valence-electron chi connectivity index (χ1n) is 6.86. The fourth-order valence-electron chi connectivity index (χ4n) is 2.87. The molecule has 0 aliphatic heterocycles. The van der Waals surface area contributed by atoms with Crippen LogP contribution < -0.4 is 5.32 Å². The average Bonchev–Trinajstić information content (AvgIpc) is 2.91. The van der Waals surface area contributed by atoms with Gasteiger partial charge < -0.3 is 10.4 Å². The van der Waals surface area contributed by atoms with E-state index in [4.69, 9.17) is 5.11 Å². The Bertz CT molecular complexity index is 657. The zero-order chi connectivity index (χ0) is 14.1. The van der Waals surface area contributed by atoms with E-state index in [2.05, 4.69) is 15.5 Å². The first-order chi connectivity index (χ1) is 9.65. The van der Waals surface area contributed by atoms with Crippen LogP contribution in [0.1, 0.15) is 25.0 Å². The zero-order valence-corrected chi connectivity index (χ0v) is 11.3. The number of aromatic nitrogens is 2. The molecule has 1 heterocycles. The average molecular weight is 271 g/mol. The van der Waals surface area contributed by atoms with Crippen molar-refractivity contribution in [2.75, 3.05) is 5.32 Å². The fraction of sp³-hybridized carbons (Fsp3) is 0.400. The van der Waals surface area contributed by atoms with Crippen LogP contribution in [0.15, 0.2) is 24.3 Å². The molecule has 3 rings (SSSR count). The van der Waals surface area contributed by atoms with E-state index in [9.17, 15) is 4.79 Å². The minimum absolute atomic E-state index is 0.163. The number of benzene rings is 1. The summed E-state index contributed by atoms with van der Waals surface area (Å²) in [5, 5.41) is 22.9. The monoisotopic (exact) mass is 271 g/mol. The van der Waals surface area contributed by atoms with Gasteiger partial charge in [0.2, 0.25) is 0 Å². The van der Waals surface area contributed by atoms with Gasteiger partial charge in [-0.25, -0.2) is 0 Å². The van der Waals surface area contributed by atoms with Gasteiger partial charge in [-0.1, -0.05) is 24.3 Å². The summed E-state index contributed by atoms with van der Waals surface area (Å²) in [7, 11) is 0. The second-order valence-corrected chi connectivity index (χ2v) is 5.37. The summed E-state index contributed by atoms with van der Waals surface area (Å²) in [6.45, 7) is 1.94. The Balaban J connectivity index is 1.85. The summed E-state index contributed by atoms with van der Waals surface area (Å²) >= 11 is 0. The Kier molecular flexibility index (Phi) is 3.26. The molecule has 1 saturated carbocycles. The molecular formula is C15H17N3O2. The number of carboxylic acid groups (broad SMARTS) is 1. The van der Waals surface area contributed by atoms with Crippen molar-refractivity contribution in [3.8, 4) is 0 Å². The van der Waals surface area contributed by atoms with E-state index in [1.165, 1.54) is 0 Å². The Morgan fingerprint density at radius 1 is 1.25 bits per heavy atom. The molecule has 20 heavy (non-hydrogen) atoms. The van der Waals surface area contributed by atoms with Crippen molar-refractivity contribution in [1.82, 2.24) is 10.2 Å². The second kappa shape index (κ2) is 5.07. The number of fused-ring (bicyclic) bond motifs is 1. The van der Waals surface area contributed by atoms with E-state index in [1.807, 2.05) is 31.2 Å². The van der Waals surface area contributed by atoms with Gasteiger partial charge in [0.15, 0.2) is 5.82 Å². The summed E-state index contributed by atoms with van der Waals surface area (Å²) in [5.74, 6) is -0.187. The van der Waals surface area contributed by atoms with Crippen LogP contribution >= 0.6 is 0 Å². The minimum Gasteiger partial charge on any atom is -0.481 e. The van der Waals surface area contributed by atoms with E-state index in [0.717, 1.165) is 35.1 Å². The molecule has 5 heteroatoms. The normalized spacial score (nSPS) is 22.1. The van der Waals surface area contributed by atoms with Crippen LogP contribution in [-0.4, -0.2) is 27.3 Å². The van der Waals surface area contributed by atoms with E-state index >= 15 is 0 Å². The fourth-order valence-corrected chi connectivity index (χ4v) is 2.87. The van der Waals surface area contributed by atoms with Crippen molar-refractivity contribution < 1.29 is 9.90 Å². The lowest BCUT2D eigenvalue weighted by Gasteiger charge is -2.15. The molecule has 2 atom stereocenters. The second-order valence-electron chi connectivity index (χ2n) is 5.37. The molecular weight excluding hydrogens is 254 g/mol. The summed E-state index contributed by atoms with van der Waals surface area (Å²) in [6, 6.07) is 8.17. The molecule has 0 radical (unpaired) electrons. The summed E-state index contributed by atoms with van der Waals surface area (Å²) in [6.07, 6.45) is 2.24. The lowest BCUT2D eigenvalue weighted by atomic mass is 10.1. The number of hydrogen-bond acceptors (Lipinski definition) is 4. The first kappa shape index (κ1) is 12.8. The van der Waals surface area contributed by atoms with Crippen LogP contribution in [0.3, 0.4) is 0 Å². The quantitative estimate of drug-likeness (QED) is 0.897. The summed E-state index contributed by atoms with van der Waals surface area (Å²) in [5.41, 5.74) is 0.904. The molecule has 1 aromatic heterocycles. The number of carbonyl (C=O) groups is 1. The van der Waals surface area contributed by atoms with Crippen LogP contribution in [0.5, 0.6) is 0 Å². The molecule has 1 aromatic carbocycles. The van der Waals surface area contributed by atoms with Crippen molar-refractivity contribution in [2.24, 2.45) is 5.92 Å². The topological polar surface area (TPSA) is 75.1 Å². The maximum absolute atomic E-state index is 11.0. The van der Waals surface area contributed by atoms with Crippen molar-refractivity contribution in [3.05, 3.63) is 30.0 Å². The molecule has 1 fully saturated rings. The number of hydrogen-bond donors (Lipinski definition) is 2. The molecule has 2 unspecified atom stereocenters. The molecule has 0 spiro atoms. The number of nitrogens with one attached hydrogen (secondary N) is 1. The van der Waals surface area contributed by atoms with Gasteiger partial charge in [-0.05, 0) is 26.2 Å². The first-order valence-corrected chi connectivity index (χ1v) is 6.86. The van der Waals surface area contributed by atoms with E-state index in [1.54, 1.807) is 0 Å². The van der Waals surface area contributed by atoms with Crippen LogP contribution in [-0.2, 0) is 4.79 Å². The van der Waals surface area contributed by atoms with E-state index in [0.29, 0.717) is 6.42 Å². The lowest BCUT2D eigenvalue weighted by molar-refractivity contribution is -0.141. The molecule has 0 bridgehead atoms. The van der Waals surface area contributed by atoms with Crippen LogP contribution in [0.2, 0.25) is 0 Å². The van der Waals surface area contributed by atoms with Gasteiger partial charge in [0.25, 0.3) is 0 Å². The van der Waals surface area contributed by atoms with Gasteiger partial charge in [-0.2, -0.15) is 5.10 Å². The standard InChI is InChI=1S/C15H17N3O2/c1-9-12-4-2-3-5-13(12)14(18-17-9)16-11-7-6-10(8-11)15(19)20/h2-5,10-11H,6-8H2,1H3,(H,16,18)(H,19,20). The molecule has 104 valence electrons. The van der Waals surface area contributed by atoms with Crippen molar-refractivity contribution in [1.29, 1.82) is 0 Å². The Morgan fingerprint density at radius 2 is 2.00 bits per heavy atom. The molecule has 2 aromatic rings. The van der Waals surface area contributed by atoms with Crippen LogP contribution in [0, 0.1) is 12.8 Å². The predicted molar refractivity (Wildman–Crippen MR) is 76.7 cm³/mol. The third-order valence-corrected chi connectivity index (χ3v) is 3.99. The number of aryl methyl sites for hydroxylation is 1. The minimum atomic E-state index is -0.700. The van der Waals surface area contributed by atoms with Crippen molar-refractivity contribution in [3.63, 3.8) is 0 Å². The molecule has 1 aliphatic carbocycles. The summed E-state index contributed by atoms with van der Waals surface area (Å²) < 4.78 is 0. The largest absolute Gasteiger partial charge is 0.481 e. The molecule has 0 amide bonds. The number of rotatable bonds is 3.